The van der Waals surface area contributed by atoms with E-state index in [9.17, 15) is 24.3 Å². The number of rotatable bonds is 8. The summed E-state index contributed by atoms with van der Waals surface area (Å²) in [5.41, 5.74) is 2.99. The highest BCUT2D eigenvalue weighted by molar-refractivity contribution is 6.03. The van der Waals surface area contributed by atoms with Gasteiger partial charge in [0, 0.05) is 22.4 Å². The van der Waals surface area contributed by atoms with Crippen molar-refractivity contribution in [3.05, 3.63) is 69.8 Å². The molecule has 0 aliphatic rings. The maximum Gasteiger partial charge on any atom is 0.340 e. The molecule has 0 unspecified atom stereocenters. The first-order chi connectivity index (χ1) is 17.6. The number of hydrogen-bond donors (Lipinski definition) is 3. The van der Waals surface area contributed by atoms with Gasteiger partial charge in [0.1, 0.15) is 23.0 Å². The van der Waals surface area contributed by atoms with E-state index < -0.39 is 36.0 Å². The van der Waals surface area contributed by atoms with Crippen LogP contribution in [0.15, 0.2) is 56.1 Å². The van der Waals surface area contributed by atoms with Crippen molar-refractivity contribution in [3.63, 3.8) is 0 Å². The van der Waals surface area contributed by atoms with E-state index in [1.54, 1.807) is 26.8 Å². The number of carbonyl (C=O) groups excluding carboxylic acids is 2. The van der Waals surface area contributed by atoms with E-state index in [-0.39, 0.29) is 17.9 Å². The van der Waals surface area contributed by atoms with Gasteiger partial charge < -0.3 is 24.6 Å². The van der Waals surface area contributed by atoms with Crippen molar-refractivity contribution in [3.8, 4) is 11.1 Å². The second kappa shape index (κ2) is 10.3. The number of fused-ring (bicyclic) bond motifs is 2. The molecule has 1 atom stereocenters. The highest BCUT2D eigenvalue weighted by Crippen LogP contribution is 2.37. The minimum atomic E-state index is -1.16. The smallest absolute Gasteiger partial charge is 0.340 e. The summed E-state index contributed by atoms with van der Waals surface area (Å²) in [5, 5.41) is 15.6. The third-order valence-corrected chi connectivity index (χ3v) is 6.37. The van der Waals surface area contributed by atoms with Crippen LogP contribution in [0.2, 0.25) is 0 Å². The van der Waals surface area contributed by atoms with Crippen molar-refractivity contribution in [2.75, 3.05) is 6.54 Å². The molecule has 0 radical (unpaired) electrons. The van der Waals surface area contributed by atoms with Gasteiger partial charge in [-0.3, -0.25) is 9.59 Å². The van der Waals surface area contributed by atoms with E-state index in [4.69, 9.17) is 8.83 Å². The van der Waals surface area contributed by atoms with Gasteiger partial charge in [-0.1, -0.05) is 44.2 Å². The summed E-state index contributed by atoms with van der Waals surface area (Å²) in [6.45, 7) is 6.54. The lowest BCUT2D eigenvalue weighted by molar-refractivity contribution is -0.143. The topological polar surface area (TPSA) is 139 Å². The molecular weight excluding hydrogens is 476 g/mol. The Morgan fingerprint density at radius 2 is 1.62 bits per heavy atom. The predicted molar refractivity (Wildman–Crippen MR) is 138 cm³/mol. The fraction of sp³-hybridized carbons (Fsp3) is 0.286. The molecule has 3 N–H and O–H groups in total. The van der Waals surface area contributed by atoms with Gasteiger partial charge in [-0.05, 0) is 37.0 Å². The first kappa shape index (κ1) is 25.7. The largest absolute Gasteiger partial charge is 0.480 e. The Bertz CT molecular complexity index is 1560. The molecule has 9 nitrogen and oxygen atoms in total. The van der Waals surface area contributed by atoms with Crippen LogP contribution in [0.4, 0.5) is 0 Å². The van der Waals surface area contributed by atoms with E-state index in [1.165, 1.54) is 0 Å². The van der Waals surface area contributed by atoms with E-state index >= 15 is 0 Å². The minimum absolute atomic E-state index is 0.178. The number of carbonyl (C=O) groups is 3. The quantitative estimate of drug-likeness (QED) is 0.311. The number of furan rings is 1. The summed E-state index contributed by atoms with van der Waals surface area (Å²) in [7, 11) is 0. The zero-order valence-electron chi connectivity index (χ0n) is 21.0. The maximum absolute atomic E-state index is 12.7. The third-order valence-electron chi connectivity index (χ3n) is 6.37. The van der Waals surface area contributed by atoms with Gasteiger partial charge in [-0.2, -0.15) is 0 Å². The van der Waals surface area contributed by atoms with Crippen molar-refractivity contribution >= 4 is 39.7 Å². The van der Waals surface area contributed by atoms with Crippen LogP contribution in [0.25, 0.3) is 33.1 Å². The molecule has 0 saturated carbocycles. The van der Waals surface area contributed by atoms with Crippen molar-refractivity contribution in [2.45, 2.75) is 40.2 Å². The molecule has 192 valence electrons. The number of carboxylic acid groups (broad SMARTS) is 1. The normalized spacial score (nSPS) is 12.1. The van der Waals surface area contributed by atoms with Crippen LogP contribution < -0.4 is 16.3 Å². The Morgan fingerprint density at radius 3 is 2.27 bits per heavy atom. The highest BCUT2D eigenvalue weighted by Gasteiger charge is 2.24. The Morgan fingerprint density at radius 1 is 0.946 bits per heavy atom. The molecule has 2 aromatic heterocycles. The first-order valence-electron chi connectivity index (χ1n) is 11.9. The summed E-state index contributed by atoms with van der Waals surface area (Å²) >= 11 is 0. The molecule has 9 heteroatoms. The number of benzene rings is 2. The minimum Gasteiger partial charge on any atom is -0.480 e. The number of aliphatic carboxylic acids is 1. The Balaban J connectivity index is 1.59. The lowest BCUT2D eigenvalue weighted by Gasteiger charge is -2.18. The number of carboxylic acids is 1. The molecule has 0 aliphatic carbocycles. The van der Waals surface area contributed by atoms with E-state index in [0.717, 1.165) is 22.3 Å². The molecule has 4 rings (SSSR count). The lowest BCUT2D eigenvalue weighted by Crippen LogP contribution is -2.48. The average molecular weight is 505 g/mol. The zero-order chi connectivity index (χ0) is 26.9. The van der Waals surface area contributed by atoms with Gasteiger partial charge in [0.05, 0.1) is 18.5 Å². The molecule has 2 aromatic carbocycles. The molecule has 37 heavy (non-hydrogen) atoms. The highest BCUT2D eigenvalue weighted by atomic mass is 16.4. The van der Waals surface area contributed by atoms with Gasteiger partial charge >= 0.3 is 11.6 Å². The lowest BCUT2D eigenvalue weighted by atomic mass is 9.98. The van der Waals surface area contributed by atoms with Crippen LogP contribution in [0.5, 0.6) is 0 Å². The van der Waals surface area contributed by atoms with E-state index in [1.807, 2.05) is 43.3 Å². The fourth-order valence-corrected chi connectivity index (χ4v) is 4.41. The van der Waals surface area contributed by atoms with Crippen molar-refractivity contribution < 1.29 is 28.3 Å². The summed E-state index contributed by atoms with van der Waals surface area (Å²) < 4.78 is 11.5. The van der Waals surface area contributed by atoms with Crippen LogP contribution >= 0.6 is 0 Å². The van der Waals surface area contributed by atoms with Crippen LogP contribution in [0.3, 0.4) is 0 Å². The number of aryl methyl sites for hydroxylation is 2. The summed E-state index contributed by atoms with van der Waals surface area (Å²) in [6.07, 6.45) is -0.294. The number of amides is 2. The summed E-state index contributed by atoms with van der Waals surface area (Å²) in [4.78, 5) is 48.7. The van der Waals surface area contributed by atoms with Crippen molar-refractivity contribution in [1.29, 1.82) is 0 Å². The molecule has 0 bridgehead atoms. The van der Waals surface area contributed by atoms with Crippen molar-refractivity contribution in [1.82, 2.24) is 10.6 Å². The van der Waals surface area contributed by atoms with Gasteiger partial charge in [0.25, 0.3) is 0 Å². The second-order valence-electron chi connectivity index (χ2n) is 9.32. The van der Waals surface area contributed by atoms with Crippen LogP contribution in [-0.2, 0) is 20.8 Å². The third kappa shape index (κ3) is 5.25. The van der Waals surface area contributed by atoms with Crippen LogP contribution in [-0.4, -0.2) is 35.5 Å². The standard InChI is InChI=1S/C28H28N2O7/c1-14(2)26(27(33)34)30-24(32)13-29-23(31)11-19-15(3)18-10-20-22(12-21(18)37-28(19)35)36-16(4)25(20)17-8-6-5-7-9-17/h5-10,12,14,26H,11,13H2,1-4H3,(H,29,31)(H,30,32)(H,33,34)/t26-/m0/s1. The molecule has 0 fully saturated rings. The molecular formula is C28H28N2O7. The monoisotopic (exact) mass is 504 g/mol. The Hall–Kier alpha value is -4.40. The predicted octanol–water partition coefficient (Wildman–Crippen LogP) is 3.71. The van der Waals surface area contributed by atoms with E-state index in [2.05, 4.69) is 10.6 Å². The van der Waals surface area contributed by atoms with Gasteiger partial charge in [0.15, 0.2) is 0 Å². The molecule has 0 spiro atoms. The SMILES string of the molecule is Cc1oc2cc3oc(=O)c(CC(=O)NCC(=O)N[C@H](C(=O)O)C(C)C)c(C)c3cc2c1-c1ccccc1. The summed E-state index contributed by atoms with van der Waals surface area (Å²) in [6, 6.07) is 12.3. The van der Waals surface area contributed by atoms with Gasteiger partial charge in [-0.15, -0.1) is 0 Å². The second-order valence-corrected chi connectivity index (χ2v) is 9.32. The van der Waals surface area contributed by atoms with Gasteiger partial charge in [-0.25, -0.2) is 9.59 Å². The Labute approximate surface area is 212 Å². The van der Waals surface area contributed by atoms with Crippen LogP contribution in [0.1, 0.15) is 30.7 Å². The van der Waals surface area contributed by atoms with Crippen molar-refractivity contribution in [2.24, 2.45) is 5.92 Å². The molecule has 0 saturated heterocycles. The Kier molecular flexibility index (Phi) is 7.15. The molecule has 4 aromatic rings. The van der Waals surface area contributed by atoms with E-state index in [0.29, 0.717) is 22.1 Å². The average Bonchev–Trinajstić information content (AvgIpc) is 3.17. The number of nitrogens with one attached hydrogen (secondary N) is 2. The summed E-state index contributed by atoms with van der Waals surface area (Å²) in [5.74, 6) is -1.95. The molecule has 2 heterocycles. The van der Waals surface area contributed by atoms with Gasteiger partial charge in [0.2, 0.25) is 11.8 Å². The molecule has 0 aliphatic heterocycles. The number of hydrogen-bond acceptors (Lipinski definition) is 6. The maximum atomic E-state index is 12.7. The first-order valence-corrected chi connectivity index (χ1v) is 11.9. The molecule has 2 amide bonds. The zero-order valence-corrected chi connectivity index (χ0v) is 21.0. The van der Waals surface area contributed by atoms with Crippen LogP contribution in [0, 0.1) is 19.8 Å². The fourth-order valence-electron chi connectivity index (χ4n) is 4.41.